The van der Waals surface area contributed by atoms with Crippen LogP contribution in [0.3, 0.4) is 0 Å². The molecule has 1 fully saturated rings. The zero-order valence-electron chi connectivity index (χ0n) is 10.1. The number of aliphatic hydroxyl groups is 3. The van der Waals surface area contributed by atoms with Gasteiger partial charge >= 0.3 is 0 Å². The molecule has 4 atom stereocenters. The molecule has 0 aliphatic carbocycles. The molecule has 8 heteroatoms. The van der Waals surface area contributed by atoms with Crippen molar-refractivity contribution >= 4 is 34.2 Å². The highest BCUT2D eigenvalue weighted by atomic mass is 35.5. The fourth-order valence-corrected chi connectivity index (χ4v) is 2.65. The van der Waals surface area contributed by atoms with Gasteiger partial charge in [0.2, 0.25) is 0 Å². The Morgan fingerprint density at radius 1 is 1.20 bits per heavy atom. The van der Waals surface area contributed by atoms with E-state index in [0.717, 1.165) is 0 Å². The van der Waals surface area contributed by atoms with E-state index < -0.39 is 24.5 Å². The lowest BCUT2D eigenvalue weighted by molar-refractivity contribution is -0.0508. The molecule has 3 rings (SSSR count). The van der Waals surface area contributed by atoms with Gasteiger partial charge in [-0.05, 0) is 12.1 Å². The molecule has 0 unspecified atom stereocenters. The fraction of sp³-hybridized carbons (Fsp3) is 0.417. The van der Waals surface area contributed by atoms with Crippen LogP contribution < -0.4 is 0 Å². The third-order valence-corrected chi connectivity index (χ3v) is 4.13. The van der Waals surface area contributed by atoms with Crippen LogP contribution in [0.15, 0.2) is 18.5 Å². The molecular formula is C12H12Cl2N2O4. The Bertz CT molecular complexity index is 648. The minimum Gasteiger partial charge on any atom is -0.394 e. The van der Waals surface area contributed by atoms with E-state index in [1.807, 2.05) is 0 Å². The molecule has 0 radical (unpaired) electrons. The maximum atomic E-state index is 10.0. The maximum Gasteiger partial charge on any atom is 0.164 e. The van der Waals surface area contributed by atoms with E-state index in [4.69, 9.17) is 33.0 Å². The Balaban J connectivity index is 2.05. The third-order valence-electron chi connectivity index (χ3n) is 3.41. The Labute approximate surface area is 124 Å². The molecule has 0 amide bonds. The van der Waals surface area contributed by atoms with Crippen LogP contribution in [0, 0.1) is 0 Å². The van der Waals surface area contributed by atoms with E-state index in [9.17, 15) is 10.2 Å². The maximum absolute atomic E-state index is 10.0. The molecular weight excluding hydrogens is 307 g/mol. The fourth-order valence-electron chi connectivity index (χ4n) is 2.34. The number of fused-ring (bicyclic) bond motifs is 1. The minimum atomic E-state index is -1.17. The summed E-state index contributed by atoms with van der Waals surface area (Å²) in [7, 11) is 0. The van der Waals surface area contributed by atoms with E-state index in [1.54, 1.807) is 16.7 Å². The predicted molar refractivity (Wildman–Crippen MR) is 72.8 cm³/mol. The van der Waals surface area contributed by atoms with E-state index in [1.165, 1.54) is 6.33 Å². The zero-order chi connectivity index (χ0) is 14.4. The van der Waals surface area contributed by atoms with Gasteiger partial charge in [0.15, 0.2) is 6.23 Å². The quantitative estimate of drug-likeness (QED) is 0.767. The van der Waals surface area contributed by atoms with Crippen molar-refractivity contribution in [3.05, 3.63) is 28.5 Å². The minimum absolute atomic E-state index is 0.354. The van der Waals surface area contributed by atoms with Crippen LogP contribution in [0.4, 0.5) is 0 Å². The molecule has 3 N–H and O–H groups in total. The van der Waals surface area contributed by atoms with Crippen LogP contribution in [0.2, 0.25) is 10.0 Å². The Morgan fingerprint density at radius 3 is 2.55 bits per heavy atom. The molecule has 2 aromatic rings. The van der Waals surface area contributed by atoms with Crippen LogP contribution in [0.1, 0.15) is 6.23 Å². The van der Waals surface area contributed by atoms with Crippen molar-refractivity contribution in [2.24, 2.45) is 0 Å². The number of halogens is 2. The summed E-state index contributed by atoms with van der Waals surface area (Å²) in [5, 5.41) is 29.6. The summed E-state index contributed by atoms with van der Waals surface area (Å²) < 4.78 is 7.01. The van der Waals surface area contributed by atoms with Crippen molar-refractivity contribution in [3.8, 4) is 0 Å². The number of hydrogen-bond acceptors (Lipinski definition) is 5. The highest BCUT2D eigenvalue weighted by Crippen LogP contribution is 2.34. The summed E-state index contributed by atoms with van der Waals surface area (Å²) in [6.45, 7) is -0.381. The molecule has 2 heterocycles. The largest absolute Gasteiger partial charge is 0.394 e. The van der Waals surface area contributed by atoms with Gasteiger partial charge in [-0.25, -0.2) is 4.98 Å². The highest BCUT2D eigenvalue weighted by molar-refractivity contribution is 6.42. The van der Waals surface area contributed by atoms with Crippen LogP contribution in [0.5, 0.6) is 0 Å². The topological polar surface area (TPSA) is 87.7 Å². The standard InChI is InChI=1S/C12H12Cl2N2O4/c13-5-1-7-8(2-6(5)14)16(4-15-7)12-11(19)10(18)9(3-17)20-12/h1-2,4,9-12,17-19H,3H2/t9-,10-,11+,12+/m1/s1. The van der Waals surface area contributed by atoms with Gasteiger partial charge < -0.3 is 24.6 Å². The summed E-state index contributed by atoms with van der Waals surface area (Å²) in [6, 6.07) is 3.22. The lowest BCUT2D eigenvalue weighted by Crippen LogP contribution is -2.33. The first-order valence-electron chi connectivity index (χ1n) is 5.97. The lowest BCUT2D eigenvalue weighted by Gasteiger charge is -2.17. The van der Waals surface area contributed by atoms with E-state index in [-0.39, 0.29) is 6.61 Å². The van der Waals surface area contributed by atoms with Gasteiger partial charge in [0.1, 0.15) is 18.3 Å². The normalized spacial score (nSPS) is 30.2. The van der Waals surface area contributed by atoms with Gasteiger partial charge in [0.25, 0.3) is 0 Å². The van der Waals surface area contributed by atoms with Crippen LogP contribution >= 0.6 is 23.2 Å². The Hall–Kier alpha value is -0.890. The number of ether oxygens (including phenoxy) is 1. The predicted octanol–water partition coefficient (Wildman–Crippen LogP) is 0.955. The molecule has 0 spiro atoms. The first-order valence-corrected chi connectivity index (χ1v) is 6.72. The molecule has 1 aromatic carbocycles. The number of benzene rings is 1. The Morgan fingerprint density at radius 2 is 1.90 bits per heavy atom. The van der Waals surface area contributed by atoms with Crippen molar-refractivity contribution < 1.29 is 20.1 Å². The highest BCUT2D eigenvalue weighted by Gasteiger charge is 2.43. The SMILES string of the molecule is OC[C@H]1O[C@H](n2cnc3cc(Cl)c(Cl)cc32)[C@@H](O)[C@@H]1O. The first-order chi connectivity index (χ1) is 9.52. The van der Waals surface area contributed by atoms with Gasteiger partial charge in [-0.15, -0.1) is 0 Å². The summed E-state index contributed by atoms with van der Waals surface area (Å²) >= 11 is 11.9. The average Bonchev–Trinajstić information content (AvgIpc) is 2.94. The van der Waals surface area contributed by atoms with Gasteiger partial charge in [0, 0.05) is 0 Å². The monoisotopic (exact) mass is 318 g/mol. The van der Waals surface area contributed by atoms with Crippen molar-refractivity contribution in [2.75, 3.05) is 6.61 Å². The number of rotatable bonds is 2. The van der Waals surface area contributed by atoms with E-state index in [2.05, 4.69) is 4.98 Å². The number of imidazole rings is 1. The number of nitrogens with zero attached hydrogens (tertiary/aromatic N) is 2. The molecule has 1 aliphatic heterocycles. The van der Waals surface area contributed by atoms with Crippen molar-refractivity contribution in [2.45, 2.75) is 24.5 Å². The van der Waals surface area contributed by atoms with Gasteiger partial charge in [-0.2, -0.15) is 0 Å². The zero-order valence-corrected chi connectivity index (χ0v) is 11.7. The smallest absolute Gasteiger partial charge is 0.164 e. The second-order valence-corrected chi connectivity index (χ2v) is 5.45. The lowest BCUT2D eigenvalue weighted by atomic mass is 10.1. The summed E-state index contributed by atoms with van der Waals surface area (Å²) in [5.41, 5.74) is 1.21. The molecule has 20 heavy (non-hydrogen) atoms. The van der Waals surface area contributed by atoms with Gasteiger partial charge in [-0.1, -0.05) is 23.2 Å². The van der Waals surface area contributed by atoms with E-state index >= 15 is 0 Å². The number of aromatic nitrogens is 2. The third kappa shape index (κ3) is 2.09. The van der Waals surface area contributed by atoms with Crippen LogP contribution in [-0.4, -0.2) is 49.8 Å². The molecule has 1 aromatic heterocycles. The van der Waals surface area contributed by atoms with E-state index in [0.29, 0.717) is 21.1 Å². The molecule has 0 saturated carbocycles. The van der Waals surface area contributed by atoms with Crippen molar-refractivity contribution in [3.63, 3.8) is 0 Å². The van der Waals surface area contributed by atoms with Crippen molar-refractivity contribution in [1.82, 2.24) is 9.55 Å². The molecule has 0 bridgehead atoms. The summed E-state index contributed by atoms with van der Waals surface area (Å²) in [6.07, 6.45) is -2.54. The average molecular weight is 319 g/mol. The number of hydrogen-bond donors (Lipinski definition) is 3. The molecule has 6 nitrogen and oxygen atoms in total. The molecule has 1 aliphatic rings. The second-order valence-electron chi connectivity index (χ2n) is 4.64. The number of aliphatic hydroxyl groups excluding tert-OH is 3. The van der Waals surface area contributed by atoms with Crippen LogP contribution in [0.25, 0.3) is 11.0 Å². The van der Waals surface area contributed by atoms with Gasteiger partial charge in [0.05, 0.1) is 34.0 Å². The Kier molecular flexibility index (Phi) is 3.62. The summed E-state index contributed by atoms with van der Waals surface area (Å²) in [5.74, 6) is 0. The molecule has 1 saturated heterocycles. The summed E-state index contributed by atoms with van der Waals surface area (Å²) in [4.78, 5) is 4.16. The van der Waals surface area contributed by atoms with Crippen LogP contribution in [-0.2, 0) is 4.74 Å². The van der Waals surface area contributed by atoms with Crippen molar-refractivity contribution in [1.29, 1.82) is 0 Å². The second kappa shape index (κ2) is 5.14. The molecule has 108 valence electrons. The van der Waals surface area contributed by atoms with Gasteiger partial charge in [-0.3, -0.25) is 0 Å². The first kappa shape index (κ1) is 14.1.